The van der Waals surface area contributed by atoms with E-state index in [0.717, 1.165) is 0 Å². The summed E-state index contributed by atoms with van der Waals surface area (Å²) in [5.41, 5.74) is -0.0988. The quantitative estimate of drug-likeness (QED) is 0.354. The number of nitrogens with zero attached hydrogens (tertiary/aromatic N) is 1. The van der Waals surface area contributed by atoms with Gasteiger partial charge in [0.2, 0.25) is 0 Å². The number of ketones is 1. The highest BCUT2D eigenvalue weighted by molar-refractivity contribution is 6.02. The maximum absolute atomic E-state index is 11.8. The van der Waals surface area contributed by atoms with Crippen molar-refractivity contribution in [1.82, 2.24) is 0 Å². The van der Waals surface area contributed by atoms with E-state index in [4.69, 9.17) is 4.74 Å². The molecule has 1 fully saturated rings. The fourth-order valence-electron chi connectivity index (χ4n) is 1.67. The van der Waals surface area contributed by atoms with Gasteiger partial charge in [0.1, 0.15) is 0 Å². The van der Waals surface area contributed by atoms with Crippen LogP contribution in [0.3, 0.4) is 0 Å². The zero-order chi connectivity index (χ0) is 13.3. The summed E-state index contributed by atoms with van der Waals surface area (Å²) in [4.78, 5) is 21.9. The minimum atomic E-state index is -0.725. The molecule has 1 aliphatic heterocycles. The molecule has 0 bridgehead atoms. The average Bonchev–Trinajstić information content (AvgIpc) is 2.96. The first-order chi connectivity index (χ1) is 8.43. The number of hydrogen-bond donors (Lipinski definition) is 0. The normalized spacial score (nSPS) is 26.2. The number of hydrogen-bond acceptors (Lipinski definition) is 4. The number of epoxide rings is 1. The number of nitro groups is 1. The molecule has 5 heteroatoms. The van der Waals surface area contributed by atoms with Crippen molar-refractivity contribution >= 4 is 17.5 Å². The van der Waals surface area contributed by atoms with Gasteiger partial charge < -0.3 is 4.74 Å². The van der Waals surface area contributed by atoms with Crippen molar-refractivity contribution in [3.63, 3.8) is 0 Å². The fourth-order valence-corrected chi connectivity index (χ4v) is 1.67. The third-order valence-electron chi connectivity index (χ3n) is 3.14. The summed E-state index contributed by atoms with van der Waals surface area (Å²) in [5.74, 6) is -0.124. The van der Waals surface area contributed by atoms with Crippen LogP contribution in [-0.2, 0) is 9.53 Å². The SMILES string of the molecule is C[C@@H]1O[C@@]1(C)C(=O)/C=C/c1cccc([N+](=O)[O-])c1. The topological polar surface area (TPSA) is 72.7 Å². The molecule has 2 rings (SSSR count). The van der Waals surface area contributed by atoms with E-state index in [2.05, 4.69) is 0 Å². The van der Waals surface area contributed by atoms with E-state index in [1.54, 1.807) is 25.1 Å². The summed E-state index contributed by atoms with van der Waals surface area (Å²) in [7, 11) is 0. The Hall–Kier alpha value is -2.01. The Bertz CT molecular complexity index is 538. The molecular weight excluding hydrogens is 234 g/mol. The first-order valence-electron chi connectivity index (χ1n) is 5.58. The van der Waals surface area contributed by atoms with E-state index in [-0.39, 0.29) is 17.6 Å². The average molecular weight is 247 g/mol. The maximum atomic E-state index is 11.8. The standard InChI is InChI=1S/C13H13NO4/c1-9-13(2,18-9)12(15)7-6-10-4-3-5-11(8-10)14(16)17/h3-9H,1-2H3/b7-6+/t9-,13+/m0/s1. The van der Waals surface area contributed by atoms with Gasteiger partial charge in [-0.1, -0.05) is 18.2 Å². The molecule has 94 valence electrons. The molecule has 5 nitrogen and oxygen atoms in total. The minimum absolute atomic E-state index is 0.00634. The third-order valence-corrected chi connectivity index (χ3v) is 3.14. The molecule has 18 heavy (non-hydrogen) atoms. The Morgan fingerprint density at radius 3 is 2.78 bits per heavy atom. The number of rotatable bonds is 4. The van der Waals surface area contributed by atoms with Crippen LogP contribution in [-0.4, -0.2) is 22.4 Å². The Labute approximate surface area is 104 Å². The van der Waals surface area contributed by atoms with E-state index >= 15 is 0 Å². The summed E-state index contributed by atoms with van der Waals surface area (Å²) in [6.45, 7) is 3.57. The zero-order valence-corrected chi connectivity index (χ0v) is 10.1. The second-order valence-corrected chi connectivity index (χ2v) is 4.42. The summed E-state index contributed by atoms with van der Waals surface area (Å²) in [6.07, 6.45) is 2.90. The van der Waals surface area contributed by atoms with Crippen LogP contribution < -0.4 is 0 Å². The molecule has 0 saturated carbocycles. The first-order valence-corrected chi connectivity index (χ1v) is 5.58. The molecule has 0 radical (unpaired) electrons. The molecular formula is C13H13NO4. The molecule has 0 aromatic heterocycles. The van der Waals surface area contributed by atoms with Crippen molar-refractivity contribution in [3.8, 4) is 0 Å². The van der Waals surface area contributed by atoms with Gasteiger partial charge in [-0.2, -0.15) is 0 Å². The molecule has 0 N–H and O–H groups in total. The number of benzene rings is 1. The number of carbonyl (C=O) groups is 1. The third kappa shape index (κ3) is 2.31. The van der Waals surface area contributed by atoms with Crippen LogP contribution in [0.5, 0.6) is 0 Å². The molecule has 2 atom stereocenters. The molecule has 1 saturated heterocycles. The van der Waals surface area contributed by atoms with Crippen molar-refractivity contribution in [1.29, 1.82) is 0 Å². The van der Waals surface area contributed by atoms with Crippen molar-refractivity contribution in [3.05, 3.63) is 46.0 Å². The second-order valence-electron chi connectivity index (χ2n) is 4.42. The van der Waals surface area contributed by atoms with Crippen molar-refractivity contribution in [2.75, 3.05) is 0 Å². The highest BCUT2D eigenvalue weighted by Gasteiger charge is 2.54. The van der Waals surface area contributed by atoms with Crippen LogP contribution in [0.4, 0.5) is 5.69 Å². The molecule has 0 spiro atoms. The molecule has 1 heterocycles. The van der Waals surface area contributed by atoms with Gasteiger partial charge in [-0.15, -0.1) is 0 Å². The number of nitro benzene ring substituents is 1. The summed E-state index contributed by atoms with van der Waals surface area (Å²) in [5, 5.41) is 10.6. The Morgan fingerprint density at radius 2 is 2.22 bits per heavy atom. The predicted molar refractivity (Wildman–Crippen MR) is 66.1 cm³/mol. The van der Waals surface area contributed by atoms with Crippen LogP contribution in [0.15, 0.2) is 30.3 Å². The first kappa shape index (κ1) is 12.4. The Balaban J connectivity index is 2.12. The zero-order valence-electron chi connectivity index (χ0n) is 10.1. The van der Waals surface area contributed by atoms with Crippen molar-refractivity contribution < 1.29 is 14.5 Å². The van der Waals surface area contributed by atoms with Gasteiger partial charge in [0.05, 0.1) is 11.0 Å². The van der Waals surface area contributed by atoms with Gasteiger partial charge in [0.15, 0.2) is 11.4 Å². The van der Waals surface area contributed by atoms with Gasteiger partial charge >= 0.3 is 0 Å². The van der Waals surface area contributed by atoms with E-state index in [9.17, 15) is 14.9 Å². The lowest BCUT2D eigenvalue weighted by Gasteiger charge is -1.99. The van der Waals surface area contributed by atoms with Gasteiger partial charge in [0.25, 0.3) is 5.69 Å². The Kier molecular flexibility index (Phi) is 3.00. The maximum Gasteiger partial charge on any atom is 0.270 e. The van der Waals surface area contributed by atoms with Crippen LogP contribution in [0, 0.1) is 10.1 Å². The summed E-state index contributed by atoms with van der Waals surface area (Å²) in [6, 6.07) is 6.12. The smallest absolute Gasteiger partial charge is 0.270 e. The molecule has 0 aliphatic carbocycles. The van der Waals surface area contributed by atoms with Gasteiger partial charge in [-0.3, -0.25) is 14.9 Å². The van der Waals surface area contributed by atoms with Crippen LogP contribution in [0.2, 0.25) is 0 Å². The lowest BCUT2D eigenvalue weighted by atomic mass is 10.0. The van der Waals surface area contributed by atoms with Gasteiger partial charge in [0, 0.05) is 12.1 Å². The number of non-ortho nitro benzene ring substituents is 1. The largest absolute Gasteiger partial charge is 0.358 e. The lowest BCUT2D eigenvalue weighted by Crippen LogP contribution is -2.20. The number of carbonyl (C=O) groups excluding carboxylic acids is 1. The van der Waals surface area contributed by atoms with Crippen LogP contribution in [0.25, 0.3) is 6.08 Å². The number of ether oxygens (including phenoxy) is 1. The minimum Gasteiger partial charge on any atom is -0.358 e. The van der Waals surface area contributed by atoms with Gasteiger partial charge in [-0.05, 0) is 25.5 Å². The lowest BCUT2D eigenvalue weighted by molar-refractivity contribution is -0.384. The van der Waals surface area contributed by atoms with Crippen LogP contribution in [0.1, 0.15) is 19.4 Å². The van der Waals surface area contributed by atoms with E-state index < -0.39 is 10.5 Å². The molecule has 1 aromatic carbocycles. The second kappa shape index (κ2) is 4.34. The van der Waals surface area contributed by atoms with Crippen LogP contribution >= 0.6 is 0 Å². The highest BCUT2D eigenvalue weighted by Crippen LogP contribution is 2.36. The summed E-state index contributed by atoms with van der Waals surface area (Å²) >= 11 is 0. The monoisotopic (exact) mass is 247 g/mol. The highest BCUT2D eigenvalue weighted by atomic mass is 16.6. The molecule has 0 unspecified atom stereocenters. The van der Waals surface area contributed by atoms with Crippen molar-refractivity contribution in [2.45, 2.75) is 25.6 Å². The van der Waals surface area contributed by atoms with Gasteiger partial charge in [-0.25, -0.2) is 0 Å². The van der Waals surface area contributed by atoms with E-state index in [0.29, 0.717) is 5.56 Å². The Morgan fingerprint density at radius 1 is 1.56 bits per heavy atom. The van der Waals surface area contributed by atoms with E-state index in [1.165, 1.54) is 18.2 Å². The molecule has 1 aromatic rings. The fraction of sp³-hybridized carbons (Fsp3) is 0.308. The van der Waals surface area contributed by atoms with Crippen molar-refractivity contribution in [2.24, 2.45) is 0 Å². The summed E-state index contributed by atoms with van der Waals surface area (Å²) < 4.78 is 5.21. The molecule has 1 aliphatic rings. The predicted octanol–water partition coefficient (Wildman–Crippen LogP) is 2.35. The van der Waals surface area contributed by atoms with E-state index in [1.807, 2.05) is 6.92 Å². The molecule has 0 amide bonds.